The molecule has 0 unspecified atom stereocenters. The van der Waals surface area contributed by atoms with Crippen molar-refractivity contribution in [3.05, 3.63) is 35.5 Å². The summed E-state index contributed by atoms with van der Waals surface area (Å²) in [4.78, 5) is 0. The molecule has 1 heterocycles. The molecular formula is C15H19F2N3. The van der Waals surface area contributed by atoms with Crippen LogP contribution in [0.15, 0.2) is 18.2 Å². The number of aromatic nitrogens is 2. The van der Waals surface area contributed by atoms with E-state index in [0.717, 1.165) is 37.4 Å². The smallest absolute Gasteiger partial charge is 0.153 e. The van der Waals surface area contributed by atoms with Gasteiger partial charge in [-0.25, -0.2) is 8.78 Å². The van der Waals surface area contributed by atoms with E-state index in [1.807, 2.05) is 0 Å². The highest BCUT2D eigenvalue weighted by Gasteiger charge is 2.14. The zero-order chi connectivity index (χ0) is 14.5. The maximum Gasteiger partial charge on any atom is 0.153 e. The Labute approximate surface area is 117 Å². The molecule has 1 aromatic heterocycles. The van der Waals surface area contributed by atoms with E-state index in [2.05, 4.69) is 17.1 Å². The van der Waals surface area contributed by atoms with Crippen molar-refractivity contribution in [3.63, 3.8) is 0 Å². The molecule has 108 valence electrons. The van der Waals surface area contributed by atoms with E-state index in [4.69, 9.17) is 5.73 Å². The molecule has 0 amide bonds. The normalized spacial score (nSPS) is 10.9. The maximum absolute atomic E-state index is 13.3. The Morgan fingerprint density at radius 1 is 1.10 bits per heavy atom. The average molecular weight is 279 g/mol. The summed E-state index contributed by atoms with van der Waals surface area (Å²) in [5, 5.41) is 6.83. The molecule has 3 N–H and O–H groups in total. The van der Waals surface area contributed by atoms with Crippen LogP contribution in [0.2, 0.25) is 0 Å². The molecule has 0 radical (unpaired) electrons. The van der Waals surface area contributed by atoms with Crippen molar-refractivity contribution < 1.29 is 8.78 Å². The van der Waals surface area contributed by atoms with Crippen LogP contribution < -0.4 is 5.73 Å². The zero-order valence-electron chi connectivity index (χ0n) is 11.5. The summed E-state index contributed by atoms with van der Waals surface area (Å²) in [6.07, 6.45) is 5.23. The molecule has 0 bridgehead atoms. The molecule has 1 aromatic carbocycles. The first-order chi connectivity index (χ1) is 9.61. The number of halogens is 2. The number of unbranched alkanes of at least 4 members (excludes halogenated alkanes) is 3. The summed E-state index contributed by atoms with van der Waals surface area (Å²) in [5.74, 6) is -0.949. The van der Waals surface area contributed by atoms with Crippen molar-refractivity contribution in [1.29, 1.82) is 0 Å². The number of H-pyrrole nitrogens is 1. The van der Waals surface area contributed by atoms with Crippen molar-refractivity contribution in [2.75, 3.05) is 5.73 Å². The number of anilines is 1. The van der Waals surface area contributed by atoms with Crippen LogP contribution in [0.5, 0.6) is 0 Å². The SMILES string of the molecule is CCCCCCc1[nH]nc(N)c1-c1cc(F)cc(F)c1. The minimum absolute atomic E-state index is 0.278. The van der Waals surface area contributed by atoms with E-state index in [0.29, 0.717) is 11.1 Å². The molecule has 0 saturated heterocycles. The molecule has 5 heteroatoms. The molecule has 0 aliphatic heterocycles. The van der Waals surface area contributed by atoms with Crippen LogP contribution in [0, 0.1) is 11.6 Å². The zero-order valence-corrected chi connectivity index (χ0v) is 11.5. The van der Waals surface area contributed by atoms with Gasteiger partial charge in [0.05, 0.1) is 0 Å². The second kappa shape index (κ2) is 6.50. The van der Waals surface area contributed by atoms with E-state index in [-0.39, 0.29) is 5.82 Å². The van der Waals surface area contributed by atoms with E-state index in [1.54, 1.807) is 0 Å². The lowest BCUT2D eigenvalue weighted by Gasteiger charge is -2.05. The maximum atomic E-state index is 13.3. The minimum Gasteiger partial charge on any atom is -0.382 e. The predicted molar refractivity (Wildman–Crippen MR) is 76.2 cm³/mol. The van der Waals surface area contributed by atoms with Crippen LogP contribution in [0.3, 0.4) is 0 Å². The number of hydrogen-bond donors (Lipinski definition) is 2. The fraction of sp³-hybridized carbons (Fsp3) is 0.400. The van der Waals surface area contributed by atoms with Crippen molar-refractivity contribution in [2.45, 2.75) is 39.0 Å². The van der Waals surface area contributed by atoms with Gasteiger partial charge in [-0.3, -0.25) is 5.10 Å². The van der Waals surface area contributed by atoms with E-state index in [1.165, 1.54) is 18.6 Å². The summed E-state index contributed by atoms with van der Waals surface area (Å²) in [6, 6.07) is 3.40. The van der Waals surface area contributed by atoms with Gasteiger partial charge in [0.2, 0.25) is 0 Å². The fourth-order valence-electron chi connectivity index (χ4n) is 2.32. The molecular weight excluding hydrogens is 260 g/mol. The number of nitrogen functional groups attached to an aromatic ring is 1. The van der Waals surface area contributed by atoms with Crippen LogP contribution >= 0.6 is 0 Å². The Morgan fingerprint density at radius 2 is 1.80 bits per heavy atom. The van der Waals surface area contributed by atoms with Gasteiger partial charge in [-0.2, -0.15) is 5.10 Å². The van der Waals surface area contributed by atoms with Gasteiger partial charge < -0.3 is 5.73 Å². The van der Waals surface area contributed by atoms with Crippen LogP contribution in [0.25, 0.3) is 11.1 Å². The summed E-state index contributed by atoms with van der Waals surface area (Å²) in [7, 11) is 0. The molecule has 0 fully saturated rings. The highest BCUT2D eigenvalue weighted by molar-refractivity contribution is 5.76. The molecule has 3 nitrogen and oxygen atoms in total. The number of rotatable bonds is 6. The van der Waals surface area contributed by atoms with Gasteiger partial charge in [-0.05, 0) is 30.5 Å². The topological polar surface area (TPSA) is 54.7 Å². The second-order valence-corrected chi connectivity index (χ2v) is 4.93. The van der Waals surface area contributed by atoms with Gasteiger partial charge in [-0.1, -0.05) is 26.2 Å². The third-order valence-electron chi connectivity index (χ3n) is 3.30. The highest BCUT2D eigenvalue weighted by atomic mass is 19.1. The Hall–Kier alpha value is -1.91. The number of nitrogens with one attached hydrogen (secondary N) is 1. The summed E-state index contributed by atoms with van der Waals surface area (Å²) in [6.45, 7) is 2.15. The standard InChI is InChI=1S/C15H19F2N3/c1-2-3-4-5-6-13-14(15(18)20-19-13)10-7-11(16)9-12(17)8-10/h7-9H,2-6H2,1H3,(H3,18,19,20). The molecule has 0 aliphatic carbocycles. The third kappa shape index (κ3) is 3.35. The number of hydrogen-bond acceptors (Lipinski definition) is 2. The number of aryl methyl sites for hydroxylation is 1. The van der Waals surface area contributed by atoms with Crippen molar-refractivity contribution in [3.8, 4) is 11.1 Å². The van der Waals surface area contributed by atoms with Gasteiger partial charge in [-0.15, -0.1) is 0 Å². The first-order valence-corrected chi connectivity index (χ1v) is 6.91. The van der Waals surface area contributed by atoms with Gasteiger partial charge in [0.1, 0.15) is 11.6 Å². The van der Waals surface area contributed by atoms with Gasteiger partial charge in [0.25, 0.3) is 0 Å². The number of benzene rings is 1. The van der Waals surface area contributed by atoms with Gasteiger partial charge in [0, 0.05) is 17.3 Å². The van der Waals surface area contributed by atoms with Crippen LogP contribution in [0.4, 0.5) is 14.6 Å². The highest BCUT2D eigenvalue weighted by Crippen LogP contribution is 2.30. The number of aromatic amines is 1. The lowest BCUT2D eigenvalue weighted by Crippen LogP contribution is -1.93. The monoisotopic (exact) mass is 279 g/mol. The van der Waals surface area contributed by atoms with Crippen molar-refractivity contribution >= 4 is 5.82 Å². The van der Waals surface area contributed by atoms with Crippen molar-refractivity contribution in [1.82, 2.24) is 10.2 Å². The predicted octanol–water partition coefficient (Wildman–Crippen LogP) is 4.06. The number of nitrogens with two attached hydrogens (primary N) is 1. The van der Waals surface area contributed by atoms with E-state index >= 15 is 0 Å². The molecule has 2 aromatic rings. The number of nitrogens with zero attached hydrogens (tertiary/aromatic N) is 1. The summed E-state index contributed by atoms with van der Waals surface area (Å²) >= 11 is 0. The quantitative estimate of drug-likeness (QED) is 0.783. The summed E-state index contributed by atoms with van der Waals surface area (Å²) in [5.41, 5.74) is 7.69. The van der Waals surface area contributed by atoms with E-state index in [9.17, 15) is 8.78 Å². The molecule has 0 saturated carbocycles. The first-order valence-electron chi connectivity index (χ1n) is 6.91. The molecule has 20 heavy (non-hydrogen) atoms. The average Bonchev–Trinajstić information content (AvgIpc) is 2.75. The Bertz CT molecular complexity index is 558. The molecule has 0 atom stereocenters. The molecule has 2 rings (SSSR count). The molecule has 0 spiro atoms. The second-order valence-electron chi connectivity index (χ2n) is 4.93. The Balaban J connectivity index is 2.24. The largest absolute Gasteiger partial charge is 0.382 e. The summed E-state index contributed by atoms with van der Waals surface area (Å²) < 4.78 is 26.6. The third-order valence-corrected chi connectivity index (χ3v) is 3.30. The first kappa shape index (κ1) is 14.5. The lowest BCUT2D eigenvalue weighted by molar-refractivity contribution is 0.584. The van der Waals surface area contributed by atoms with Crippen LogP contribution in [-0.4, -0.2) is 10.2 Å². The van der Waals surface area contributed by atoms with E-state index < -0.39 is 11.6 Å². The van der Waals surface area contributed by atoms with Gasteiger partial charge >= 0.3 is 0 Å². The van der Waals surface area contributed by atoms with Gasteiger partial charge in [0.15, 0.2) is 5.82 Å². The minimum atomic E-state index is -0.613. The van der Waals surface area contributed by atoms with Crippen LogP contribution in [0.1, 0.15) is 38.3 Å². The Morgan fingerprint density at radius 3 is 2.45 bits per heavy atom. The van der Waals surface area contributed by atoms with Crippen molar-refractivity contribution in [2.24, 2.45) is 0 Å². The van der Waals surface area contributed by atoms with Crippen LogP contribution in [-0.2, 0) is 6.42 Å². The lowest BCUT2D eigenvalue weighted by atomic mass is 10.0. The Kier molecular flexibility index (Phi) is 4.71. The fourth-order valence-corrected chi connectivity index (χ4v) is 2.32. The molecule has 0 aliphatic rings.